The average molecular weight is 449 g/mol. The second-order valence-corrected chi connectivity index (χ2v) is 9.12. The highest BCUT2D eigenvalue weighted by molar-refractivity contribution is 7.13. The fourth-order valence-electron chi connectivity index (χ4n) is 4.32. The predicted octanol–water partition coefficient (Wildman–Crippen LogP) is 4.63. The highest BCUT2D eigenvalue weighted by Gasteiger charge is 2.23. The van der Waals surface area contributed by atoms with E-state index in [0.29, 0.717) is 19.5 Å². The summed E-state index contributed by atoms with van der Waals surface area (Å²) in [6, 6.07) is 14.9. The maximum Gasteiger partial charge on any atom is 0.227 e. The standard InChI is InChI=1S/C25H25FN4OS/c1-17-21(22-13-19(26)7-8-23(22)27-17)14-24(31)30-11-9-29(10-12-30)15-20-16-32-25(28-20)18-5-3-2-4-6-18/h2-8,13,16,27H,9-12,14-15H2,1H3. The zero-order chi connectivity index (χ0) is 22.1. The number of aromatic nitrogens is 2. The lowest BCUT2D eigenvalue weighted by Crippen LogP contribution is -2.48. The van der Waals surface area contributed by atoms with Gasteiger partial charge in [-0.3, -0.25) is 9.69 Å². The van der Waals surface area contributed by atoms with E-state index in [1.807, 2.05) is 30.0 Å². The molecule has 1 N–H and O–H groups in total. The molecule has 0 bridgehead atoms. The van der Waals surface area contributed by atoms with E-state index >= 15 is 0 Å². The van der Waals surface area contributed by atoms with Gasteiger partial charge in [-0.05, 0) is 30.7 Å². The summed E-state index contributed by atoms with van der Waals surface area (Å²) in [6.45, 7) is 5.79. The van der Waals surface area contributed by atoms with Gasteiger partial charge in [0.2, 0.25) is 5.91 Å². The topological polar surface area (TPSA) is 52.2 Å². The molecular formula is C25H25FN4OS. The maximum absolute atomic E-state index is 13.7. The van der Waals surface area contributed by atoms with Crippen molar-refractivity contribution >= 4 is 28.1 Å². The number of carbonyl (C=O) groups is 1. The Morgan fingerprint density at radius 3 is 2.69 bits per heavy atom. The fourth-order valence-corrected chi connectivity index (χ4v) is 5.14. The summed E-state index contributed by atoms with van der Waals surface area (Å²) < 4.78 is 13.7. The summed E-state index contributed by atoms with van der Waals surface area (Å²) in [6.07, 6.45) is 0.293. The number of hydrogen-bond donors (Lipinski definition) is 1. The second-order valence-electron chi connectivity index (χ2n) is 8.26. The van der Waals surface area contributed by atoms with Crippen molar-refractivity contribution in [3.05, 3.63) is 76.7 Å². The van der Waals surface area contributed by atoms with Crippen LogP contribution in [0.25, 0.3) is 21.5 Å². The molecule has 164 valence electrons. The highest BCUT2D eigenvalue weighted by atomic mass is 32.1. The number of benzene rings is 2. The number of rotatable bonds is 5. The quantitative estimate of drug-likeness (QED) is 0.485. The molecule has 5 rings (SSSR count). The van der Waals surface area contributed by atoms with Crippen molar-refractivity contribution in [2.45, 2.75) is 19.9 Å². The average Bonchev–Trinajstić information content (AvgIpc) is 3.39. The molecule has 0 saturated carbocycles. The van der Waals surface area contributed by atoms with E-state index in [2.05, 4.69) is 27.4 Å². The predicted molar refractivity (Wildman–Crippen MR) is 126 cm³/mol. The first-order valence-corrected chi connectivity index (χ1v) is 11.7. The number of nitrogens with zero attached hydrogens (tertiary/aromatic N) is 3. The lowest BCUT2D eigenvalue weighted by atomic mass is 10.1. The third kappa shape index (κ3) is 4.31. The van der Waals surface area contributed by atoms with E-state index in [1.165, 1.54) is 12.1 Å². The monoisotopic (exact) mass is 448 g/mol. The van der Waals surface area contributed by atoms with E-state index in [1.54, 1.807) is 17.4 Å². The molecule has 0 aliphatic carbocycles. The smallest absolute Gasteiger partial charge is 0.227 e. The van der Waals surface area contributed by atoms with E-state index in [4.69, 9.17) is 4.98 Å². The highest BCUT2D eigenvalue weighted by Crippen LogP contribution is 2.25. The Labute approximate surface area is 190 Å². The van der Waals surface area contributed by atoms with Gasteiger partial charge in [-0.2, -0.15) is 0 Å². The summed E-state index contributed by atoms with van der Waals surface area (Å²) in [5.41, 5.74) is 4.91. The molecule has 0 atom stereocenters. The lowest BCUT2D eigenvalue weighted by molar-refractivity contribution is -0.132. The first kappa shape index (κ1) is 20.8. The Morgan fingerprint density at radius 2 is 1.91 bits per heavy atom. The first-order chi connectivity index (χ1) is 15.6. The lowest BCUT2D eigenvalue weighted by Gasteiger charge is -2.34. The molecule has 4 aromatic rings. The first-order valence-electron chi connectivity index (χ1n) is 10.8. The number of H-pyrrole nitrogens is 1. The van der Waals surface area contributed by atoms with Crippen LogP contribution < -0.4 is 0 Å². The number of piperazine rings is 1. The molecule has 1 saturated heterocycles. The van der Waals surface area contributed by atoms with E-state index in [-0.39, 0.29) is 11.7 Å². The molecule has 1 fully saturated rings. The molecule has 1 aliphatic heterocycles. The van der Waals surface area contributed by atoms with Gasteiger partial charge in [-0.15, -0.1) is 11.3 Å². The number of aromatic amines is 1. The molecular weight excluding hydrogens is 423 g/mol. The van der Waals surface area contributed by atoms with Gasteiger partial charge in [-0.25, -0.2) is 9.37 Å². The zero-order valence-electron chi connectivity index (χ0n) is 18.0. The number of amides is 1. The molecule has 2 aromatic heterocycles. The number of halogens is 1. The van der Waals surface area contributed by atoms with E-state index in [9.17, 15) is 9.18 Å². The van der Waals surface area contributed by atoms with Crippen LogP contribution in [0.15, 0.2) is 53.9 Å². The van der Waals surface area contributed by atoms with Crippen LogP contribution in [0.2, 0.25) is 0 Å². The Bertz CT molecular complexity index is 1240. The van der Waals surface area contributed by atoms with Crippen molar-refractivity contribution in [3.8, 4) is 10.6 Å². The number of aryl methyl sites for hydroxylation is 1. The minimum Gasteiger partial charge on any atom is -0.358 e. The van der Waals surface area contributed by atoms with Crippen molar-refractivity contribution in [2.75, 3.05) is 26.2 Å². The van der Waals surface area contributed by atoms with Crippen molar-refractivity contribution in [1.29, 1.82) is 0 Å². The van der Waals surface area contributed by atoms with Crippen LogP contribution in [0.1, 0.15) is 17.0 Å². The number of nitrogens with one attached hydrogen (secondary N) is 1. The summed E-state index contributed by atoms with van der Waals surface area (Å²) in [5.74, 6) is -0.186. The van der Waals surface area contributed by atoms with Crippen molar-refractivity contribution in [1.82, 2.24) is 19.8 Å². The van der Waals surface area contributed by atoms with Crippen LogP contribution in [0.5, 0.6) is 0 Å². The van der Waals surface area contributed by atoms with E-state index < -0.39 is 0 Å². The maximum atomic E-state index is 13.7. The SMILES string of the molecule is Cc1[nH]c2ccc(F)cc2c1CC(=O)N1CCN(Cc2csc(-c3ccccc3)n2)CC1. The summed E-state index contributed by atoms with van der Waals surface area (Å²) in [4.78, 5) is 25.3. The molecule has 1 aliphatic rings. The van der Waals surface area contributed by atoms with Gasteiger partial charge >= 0.3 is 0 Å². The van der Waals surface area contributed by atoms with Crippen molar-refractivity contribution in [3.63, 3.8) is 0 Å². The minimum atomic E-state index is -0.281. The normalized spacial score (nSPS) is 14.9. The summed E-state index contributed by atoms with van der Waals surface area (Å²) in [7, 11) is 0. The molecule has 5 nitrogen and oxygen atoms in total. The summed E-state index contributed by atoms with van der Waals surface area (Å²) >= 11 is 1.67. The largest absolute Gasteiger partial charge is 0.358 e. The minimum absolute atomic E-state index is 0.0953. The van der Waals surface area contributed by atoms with Gasteiger partial charge in [0.15, 0.2) is 0 Å². The summed E-state index contributed by atoms with van der Waals surface area (Å²) in [5, 5.41) is 3.96. The molecule has 0 spiro atoms. The molecule has 0 unspecified atom stereocenters. The zero-order valence-corrected chi connectivity index (χ0v) is 18.8. The Morgan fingerprint density at radius 1 is 1.12 bits per heavy atom. The van der Waals surface area contributed by atoms with Crippen LogP contribution in [0, 0.1) is 12.7 Å². The second kappa shape index (κ2) is 8.84. The van der Waals surface area contributed by atoms with Crippen LogP contribution in [-0.4, -0.2) is 51.9 Å². The van der Waals surface area contributed by atoms with Gasteiger partial charge in [0.05, 0.1) is 12.1 Å². The third-order valence-corrected chi connectivity index (χ3v) is 7.03. The number of carbonyl (C=O) groups excluding carboxylic acids is 1. The Balaban J connectivity index is 1.18. The molecule has 7 heteroatoms. The number of fused-ring (bicyclic) bond motifs is 1. The van der Waals surface area contributed by atoms with Crippen molar-refractivity contribution in [2.24, 2.45) is 0 Å². The van der Waals surface area contributed by atoms with Crippen LogP contribution in [-0.2, 0) is 17.8 Å². The number of thiazole rings is 1. The molecule has 0 radical (unpaired) electrons. The van der Waals surface area contributed by atoms with Gasteiger partial charge in [-0.1, -0.05) is 30.3 Å². The molecule has 2 aromatic carbocycles. The molecule has 32 heavy (non-hydrogen) atoms. The van der Waals surface area contributed by atoms with Gasteiger partial charge in [0.25, 0.3) is 0 Å². The van der Waals surface area contributed by atoms with Crippen LogP contribution in [0.3, 0.4) is 0 Å². The van der Waals surface area contributed by atoms with E-state index in [0.717, 1.165) is 58.1 Å². The third-order valence-electron chi connectivity index (χ3n) is 6.09. The molecule has 1 amide bonds. The van der Waals surface area contributed by atoms with Gasteiger partial charge in [0, 0.05) is 60.3 Å². The van der Waals surface area contributed by atoms with Gasteiger partial charge < -0.3 is 9.88 Å². The Hall–Kier alpha value is -3.03. The van der Waals surface area contributed by atoms with Crippen LogP contribution >= 0.6 is 11.3 Å². The molecule has 3 heterocycles. The van der Waals surface area contributed by atoms with Gasteiger partial charge in [0.1, 0.15) is 10.8 Å². The number of hydrogen-bond acceptors (Lipinski definition) is 4. The Kier molecular flexibility index (Phi) is 5.76. The van der Waals surface area contributed by atoms with Crippen molar-refractivity contribution < 1.29 is 9.18 Å². The fraction of sp³-hybridized carbons (Fsp3) is 0.280. The van der Waals surface area contributed by atoms with Crippen LogP contribution in [0.4, 0.5) is 4.39 Å².